The Morgan fingerprint density at radius 3 is 2.54 bits per heavy atom. The van der Waals surface area contributed by atoms with Crippen molar-refractivity contribution in [1.82, 2.24) is 10.6 Å². The van der Waals surface area contributed by atoms with Crippen LogP contribution >= 0.6 is 24.0 Å². The standard InChI is InChI=1S/C17H24N4O2.HI/c1-2-12-18-17(20-15-6-4-3-5-7-15)19-13-14-8-10-16(11-9-14)21(22)23;/h2,8-11,15H,1,3-7,12-13H2,(H2,18,19,20);1H. The molecular formula is C17H25IN4O2. The van der Waals surface area contributed by atoms with Gasteiger partial charge in [0.15, 0.2) is 5.96 Å². The number of hydrogen-bond acceptors (Lipinski definition) is 3. The van der Waals surface area contributed by atoms with Gasteiger partial charge in [0.05, 0.1) is 11.5 Å². The molecule has 1 aliphatic rings. The van der Waals surface area contributed by atoms with Crippen LogP contribution in [0.15, 0.2) is 41.9 Å². The van der Waals surface area contributed by atoms with Crippen LogP contribution in [0.25, 0.3) is 0 Å². The smallest absolute Gasteiger partial charge is 0.269 e. The van der Waals surface area contributed by atoms with Gasteiger partial charge in [-0.05, 0) is 18.4 Å². The van der Waals surface area contributed by atoms with E-state index in [4.69, 9.17) is 0 Å². The molecule has 1 aromatic carbocycles. The Morgan fingerprint density at radius 1 is 1.29 bits per heavy atom. The summed E-state index contributed by atoms with van der Waals surface area (Å²) in [5.74, 6) is 0.773. The number of rotatable bonds is 6. The normalized spacial score (nSPS) is 15.2. The molecule has 132 valence electrons. The number of nitro groups is 1. The molecule has 0 aliphatic heterocycles. The lowest BCUT2D eigenvalue weighted by Gasteiger charge is -2.24. The zero-order chi connectivity index (χ0) is 16.5. The van der Waals surface area contributed by atoms with Crippen LogP contribution in [0, 0.1) is 10.1 Å². The summed E-state index contributed by atoms with van der Waals surface area (Å²) in [6.07, 6.45) is 7.97. The van der Waals surface area contributed by atoms with E-state index in [1.807, 2.05) is 0 Å². The zero-order valence-electron chi connectivity index (χ0n) is 13.7. The lowest BCUT2D eigenvalue weighted by molar-refractivity contribution is -0.384. The SMILES string of the molecule is C=CCNC(=NCc1ccc([N+](=O)[O-])cc1)NC1CCCCC1.I. The van der Waals surface area contributed by atoms with Gasteiger partial charge in [-0.25, -0.2) is 4.99 Å². The number of hydrogen-bond donors (Lipinski definition) is 2. The van der Waals surface area contributed by atoms with Gasteiger partial charge in [0.1, 0.15) is 0 Å². The first kappa shape index (κ1) is 20.4. The first-order chi connectivity index (χ1) is 11.2. The molecule has 0 spiro atoms. The fraction of sp³-hybridized carbons (Fsp3) is 0.471. The number of nitro benzene ring substituents is 1. The van der Waals surface area contributed by atoms with Crippen LogP contribution < -0.4 is 10.6 Å². The third-order valence-corrected chi connectivity index (χ3v) is 3.93. The van der Waals surface area contributed by atoms with Crippen LogP contribution in [0.1, 0.15) is 37.7 Å². The highest BCUT2D eigenvalue weighted by molar-refractivity contribution is 14.0. The highest BCUT2D eigenvalue weighted by Crippen LogP contribution is 2.17. The monoisotopic (exact) mass is 444 g/mol. The molecule has 0 atom stereocenters. The number of non-ortho nitro benzene ring substituents is 1. The Hall–Kier alpha value is -1.64. The molecule has 1 saturated carbocycles. The molecule has 7 heteroatoms. The van der Waals surface area contributed by atoms with Crippen molar-refractivity contribution in [3.8, 4) is 0 Å². The molecule has 1 fully saturated rings. The van der Waals surface area contributed by atoms with Crippen LogP contribution in [0.2, 0.25) is 0 Å². The first-order valence-electron chi connectivity index (χ1n) is 8.08. The van der Waals surface area contributed by atoms with Crippen molar-refractivity contribution in [2.75, 3.05) is 6.54 Å². The van der Waals surface area contributed by atoms with E-state index in [-0.39, 0.29) is 29.7 Å². The van der Waals surface area contributed by atoms with Gasteiger partial charge in [-0.1, -0.05) is 37.5 Å². The third-order valence-electron chi connectivity index (χ3n) is 3.93. The van der Waals surface area contributed by atoms with E-state index < -0.39 is 4.92 Å². The Morgan fingerprint density at radius 2 is 1.96 bits per heavy atom. The largest absolute Gasteiger partial charge is 0.354 e. The molecule has 24 heavy (non-hydrogen) atoms. The molecule has 0 radical (unpaired) electrons. The van der Waals surface area contributed by atoms with Crippen LogP contribution in [0.3, 0.4) is 0 Å². The average Bonchev–Trinajstić information content (AvgIpc) is 2.58. The second-order valence-corrected chi connectivity index (χ2v) is 5.74. The van der Waals surface area contributed by atoms with Gasteiger partial charge in [-0.3, -0.25) is 10.1 Å². The van der Waals surface area contributed by atoms with Crippen molar-refractivity contribution in [3.05, 3.63) is 52.6 Å². The summed E-state index contributed by atoms with van der Waals surface area (Å²) in [6, 6.07) is 6.98. The lowest BCUT2D eigenvalue weighted by atomic mass is 9.96. The predicted octanol–water partition coefficient (Wildman–Crippen LogP) is 3.77. The molecule has 0 unspecified atom stereocenters. The molecule has 0 bridgehead atoms. The van der Waals surface area contributed by atoms with E-state index >= 15 is 0 Å². The van der Waals surface area contributed by atoms with Crippen molar-refractivity contribution in [3.63, 3.8) is 0 Å². The summed E-state index contributed by atoms with van der Waals surface area (Å²) < 4.78 is 0. The highest BCUT2D eigenvalue weighted by Gasteiger charge is 2.14. The molecule has 0 heterocycles. The minimum atomic E-state index is -0.394. The summed E-state index contributed by atoms with van der Waals surface area (Å²) in [4.78, 5) is 14.8. The number of halogens is 1. The van der Waals surface area contributed by atoms with Crippen LogP contribution in [0.4, 0.5) is 5.69 Å². The van der Waals surface area contributed by atoms with Crippen molar-refractivity contribution in [1.29, 1.82) is 0 Å². The zero-order valence-corrected chi connectivity index (χ0v) is 16.1. The number of guanidine groups is 1. The van der Waals surface area contributed by atoms with Gasteiger partial charge in [0, 0.05) is 24.7 Å². The van der Waals surface area contributed by atoms with Crippen LogP contribution in [0.5, 0.6) is 0 Å². The van der Waals surface area contributed by atoms with Gasteiger partial charge in [-0.2, -0.15) is 0 Å². The second kappa shape index (κ2) is 11.0. The molecule has 1 aliphatic carbocycles. The van der Waals surface area contributed by atoms with Gasteiger partial charge in [0.25, 0.3) is 5.69 Å². The van der Waals surface area contributed by atoms with Gasteiger partial charge in [-0.15, -0.1) is 30.6 Å². The Balaban J connectivity index is 0.00000288. The van der Waals surface area contributed by atoms with Gasteiger partial charge >= 0.3 is 0 Å². The second-order valence-electron chi connectivity index (χ2n) is 5.74. The summed E-state index contributed by atoms with van der Waals surface area (Å²) in [5, 5.41) is 17.4. The predicted molar refractivity (Wildman–Crippen MR) is 108 cm³/mol. The van der Waals surface area contributed by atoms with E-state index in [0.717, 1.165) is 11.5 Å². The number of benzene rings is 1. The molecule has 0 saturated heterocycles. The molecule has 2 N–H and O–H groups in total. The van der Waals surface area contributed by atoms with Crippen molar-refractivity contribution < 1.29 is 4.92 Å². The molecule has 1 aromatic rings. The first-order valence-corrected chi connectivity index (χ1v) is 8.08. The fourth-order valence-electron chi connectivity index (χ4n) is 2.66. The fourth-order valence-corrected chi connectivity index (χ4v) is 2.66. The summed E-state index contributed by atoms with van der Waals surface area (Å²) in [7, 11) is 0. The number of nitrogens with one attached hydrogen (secondary N) is 2. The van der Waals surface area contributed by atoms with E-state index in [0.29, 0.717) is 19.1 Å². The minimum absolute atomic E-state index is 0. The van der Waals surface area contributed by atoms with E-state index in [2.05, 4.69) is 22.2 Å². The summed E-state index contributed by atoms with van der Waals surface area (Å²) in [5.41, 5.74) is 1.04. The average molecular weight is 444 g/mol. The maximum Gasteiger partial charge on any atom is 0.269 e. The van der Waals surface area contributed by atoms with Crippen molar-refractivity contribution in [2.45, 2.75) is 44.7 Å². The maximum absolute atomic E-state index is 10.7. The van der Waals surface area contributed by atoms with Crippen molar-refractivity contribution >= 4 is 35.6 Å². The van der Waals surface area contributed by atoms with Crippen molar-refractivity contribution in [2.24, 2.45) is 4.99 Å². The minimum Gasteiger partial charge on any atom is -0.354 e. The Kier molecular flexibility index (Phi) is 9.36. The number of aliphatic imine (C=N–C) groups is 1. The van der Waals surface area contributed by atoms with Crippen LogP contribution in [-0.2, 0) is 6.54 Å². The summed E-state index contributed by atoms with van der Waals surface area (Å²) >= 11 is 0. The van der Waals surface area contributed by atoms with Gasteiger partial charge < -0.3 is 10.6 Å². The lowest BCUT2D eigenvalue weighted by Crippen LogP contribution is -2.44. The summed E-state index contributed by atoms with van der Waals surface area (Å²) in [6.45, 7) is 4.85. The maximum atomic E-state index is 10.7. The third kappa shape index (κ3) is 6.86. The molecule has 0 aromatic heterocycles. The number of nitrogens with zero attached hydrogens (tertiary/aromatic N) is 2. The molecule has 6 nitrogen and oxygen atoms in total. The molecular weight excluding hydrogens is 419 g/mol. The molecule has 2 rings (SSSR count). The topological polar surface area (TPSA) is 79.6 Å². The highest BCUT2D eigenvalue weighted by atomic mass is 127. The Bertz CT molecular complexity index is 554. The van der Waals surface area contributed by atoms with E-state index in [1.54, 1.807) is 18.2 Å². The Labute approximate surface area is 160 Å². The van der Waals surface area contributed by atoms with E-state index in [9.17, 15) is 10.1 Å². The molecule has 0 amide bonds. The van der Waals surface area contributed by atoms with Gasteiger partial charge in [0.2, 0.25) is 0 Å². The van der Waals surface area contributed by atoms with E-state index in [1.165, 1.54) is 44.2 Å². The van der Waals surface area contributed by atoms with Crippen LogP contribution in [-0.4, -0.2) is 23.5 Å². The quantitative estimate of drug-likeness (QED) is 0.175.